The molecule has 0 unspecified atom stereocenters. The van der Waals surface area contributed by atoms with Crippen LogP contribution in [0.2, 0.25) is 0 Å². The summed E-state index contributed by atoms with van der Waals surface area (Å²) in [6, 6.07) is 19.8. The maximum absolute atomic E-state index is 5.44. The number of rotatable bonds is 5. The summed E-state index contributed by atoms with van der Waals surface area (Å²) < 4.78 is 5.44. The minimum absolute atomic E-state index is 0. The van der Waals surface area contributed by atoms with Crippen molar-refractivity contribution in [2.75, 3.05) is 26.2 Å². The highest BCUT2D eigenvalue weighted by Crippen LogP contribution is 2.25. The highest BCUT2D eigenvalue weighted by atomic mass is 32.2. The third-order valence-corrected chi connectivity index (χ3v) is 4.36. The number of para-hydroxylation sites is 1. The zero-order valence-corrected chi connectivity index (χ0v) is 16.3. The number of nitrogens with one attached hydrogen (secondary N) is 2. The van der Waals surface area contributed by atoms with Crippen molar-refractivity contribution in [2.45, 2.75) is 31.5 Å². The summed E-state index contributed by atoms with van der Waals surface area (Å²) in [6.07, 6.45) is 6.49. The van der Waals surface area contributed by atoms with Crippen LogP contribution in [0.25, 0.3) is 0 Å². The molecule has 2 aromatic rings. The lowest BCUT2D eigenvalue weighted by Crippen LogP contribution is -2.45. The zero-order valence-electron chi connectivity index (χ0n) is 15.5. The number of hydrogen-bond donors (Lipinski definition) is 2. The number of hydrogen-bond acceptors (Lipinski definition) is 4. The quantitative estimate of drug-likeness (QED) is 0.791. The lowest BCUT2D eigenvalue weighted by molar-refractivity contribution is 0.303. The Balaban J connectivity index is 0.000000791. The molecule has 2 aromatic carbocycles. The van der Waals surface area contributed by atoms with Crippen molar-refractivity contribution < 1.29 is 4.74 Å². The van der Waals surface area contributed by atoms with Gasteiger partial charge in [0, 0.05) is 24.2 Å². The summed E-state index contributed by atoms with van der Waals surface area (Å²) in [7, 11) is 1.73. The van der Waals surface area contributed by atoms with E-state index in [4.69, 9.17) is 4.74 Å². The van der Waals surface area contributed by atoms with Gasteiger partial charge in [-0.1, -0.05) is 48.5 Å². The van der Waals surface area contributed by atoms with Crippen LogP contribution in [0.5, 0.6) is 5.75 Å². The molecule has 142 valence electrons. The number of benzene rings is 2. The van der Waals surface area contributed by atoms with Gasteiger partial charge in [-0.25, -0.2) is 0 Å². The molecule has 2 N–H and O–H groups in total. The Bertz CT molecular complexity index is 612. The van der Waals surface area contributed by atoms with Gasteiger partial charge in [-0.15, -0.1) is 0 Å². The highest BCUT2D eigenvalue weighted by Gasteiger charge is 2.25. The van der Waals surface area contributed by atoms with Crippen molar-refractivity contribution in [1.82, 2.24) is 10.6 Å². The van der Waals surface area contributed by atoms with Crippen LogP contribution in [-0.4, -0.2) is 40.6 Å². The van der Waals surface area contributed by atoms with E-state index in [1.165, 1.54) is 24.0 Å². The van der Waals surface area contributed by atoms with Crippen molar-refractivity contribution >= 4 is 20.2 Å². The molecule has 5 heteroatoms. The Kier molecular flexibility index (Phi) is 11.2. The molecule has 0 radical (unpaired) electrons. The van der Waals surface area contributed by atoms with E-state index in [-0.39, 0.29) is 8.41 Å². The van der Waals surface area contributed by atoms with Crippen LogP contribution in [-0.2, 0) is 6.54 Å². The van der Waals surface area contributed by atoms with Crippen LogP contribution >= 0.6 is 11.8 Å². The van der Waals surface area contributed by atoms with Crippen molar-refractivity contribution in [3.63, 3.8) is 0 Å². The Morgan fingerprint density at radius 1 is 1.08 bits per heavy atom. The molecule has 3 rings (SSSR count). The fraction of sp³-hybridized carbons (Fsp3) is 0.429. The molecular weight excluding hydrogens is 339 g/mol. The van der Waals surface area contributed by atoms with Gasteiger partial charge in [0.2, 0.25) is 0 Å². The molecule has 0 saturated carbocycles. The fourth-order valence-corrected chi connectivity index (χ4v) is 3.21. The molecule has 1 heterocycles. The van der Waals surface area contributed by atoms with Crippen LogP contribution < -0.4 is 15.4 Å². The molecule has 1 saturated heterocycles. The summed E-state index contributed by atoms with van der Waals surface area (Å²) >= 11 is 1.75. The first-order valence-corrected chi connectivity index (χ1v) is 10.5. The van der Waals surface area contributed by atoms with E-state index in [2.05, 4.69) is 53.1 Å². The van der Waals surface area contributed by atoms with Crippen LogP contribution in [0, 0.1) is 0 Å². The standard InChI is InChI=1S/C19H24N2O.C2H6S.BH3/c1-22-18-12-6-5-10-16(18)14-21-17-11-7-13-20-19(17)15-8-3-2-4-9-15;1-3-2;/h2-6,8-10,12,17,19-21H,7,11,13-14H2,1H3;1-2H3;1H3/t17-,19-;;/m0../s1. The second-order valence-corrected chi connectivity index (χ2v) is 7.01. The third kappa shape index (κ3) is 6.71. The van der Waals surface area contributed by atoms with Gasteiger partial charge in [-0.3, -0.25) is 0 Å². The Hall–Kier alpha value is -1.43. The smallest absolute Gasteiger partial charge is 0.123 e. The minimum atomic E-state index is 0. The molecule has 26 heavy (non-hydrogen) atoms. The molecule has 1 fully saturated rings. The maximum Gasteiger partial charge on any atom is 0.123 e. The molecular formula is C21H33BN2OS. The molecule has 0 aliphatic carbocycles. The summed E-state index contributed by atoms with van der Waals surface area (Å²) in [6.45, 7) is 1.92. The van der Waals surface area contributed by atoms with E-state index in [0.29, 0.717) is 12.1 Å². The lowest BCUT2D eigenvalue weighted by Gasteiger charge is -2.34. The van der Waals surface area contributed by atoms with Crippen molar-refractivity contribution in [2.24, 2.45) is 0 Å². The van der Waals surface area contributed by atoms with Crippen LogP contribution in [0.4, 0.5) is 0 Å². The van der Waals surface area contributed by atoms with E-state index >= 15 is 0 Å². The molecule has 0 amide bonds. The maximum atomic E-state index is 5.44. The number of ether oxygens (including phenoxy) is 1. The first kappa shape index (κ1) is 22.6. The fourth-order valence-electron chi connectivity index (χ4n) is 3.21. The Labute approximate surface area is 164 Å². The third-order valence-electron chi connectivity index (χ3n) is 4.36. The second-order valence-electron chi connectivity index (χ2n) is 6.19. The predicted molar refractivity (Wildman–Crippen MR) is 119 cm³/mol. The van der Waals surface area contributed by atoms with Gasteiger partial charge < -0.3 is 15.4 Å². The van der Waals surface area contributed by atoms with E-state index in [9.17, 15) is 0 Å². The molecule has 2 atom stereocenters. The number of piperidine rings is 1. The topological polar surface area (TPSA) is 33.3 Å². The van der Waals surface area contributed by atoms with Gasteiger partial charge in [0.25, 0.3) is 0 Å². The van der Waals surface area contributed by atoms with Crippen molar-refractivity contribution in [1.29, 1.82) is 0 Å². The molecule has 0 bridgehead atoms. The van der Waals surface area contributed by atoms with E-state index in [1.54, 1.807) is 18.9 Å². The Morgan fingerprint density at radius 2 is 1.73 bits per heavy atom. The number of thioether (sulfide) groups is 1. The largest absolute Gasteiger partial charge is 0.496 e. The summed E-state index contributed by atoms with van der Waals surface area (Å²) in [5.74, 6) is 0.954. The van der Waals surface area contributed by atoms with Gasteiger partial charge in [0.15, 0.2) is 0 Å². The summed E-state index contributed by atoms with van der Waals surface area (Å²) in [5, 5.41) is 7.38. The second kappa shape index (κ2) is 12.9. The van der Waals surface area contributed by atoms with Gasteiger partial charge in [-0.2, -0.15) is 11.8 Å². The van der Waals surface area contributed by atoms with E-state index in [1.807, 2.05) is 24.6 Å². The normalized spacial score (nSPS) is 18.9. The van der Waals surface area contributed by atoms with Crippen molar-refractivity contribution in [3.05, 3.63) is 65.7 Å². The van der Waals surface area contributed by atoms with Gasteiger partial charge in [-0.05, 0) is 43.5 Å². The predicted octanol–water partition coefficient (Wildman–Crippen LogP) is 3.07. The van der Waals surface area contributed by atoms with Gasteiger partial charge in [0.05, 0.1) is 15.5 Å². The molecule has 3 nitrogen and oxygen atoms in total. The van der Waals surface area contributed by atoms with E-state index < -0.39 is 0 Å². The number of methoxy groups -OCH3 is 1. The highest BCUT2D eigenvalue weighted by molar-refractivity contribution is 7.97. The van der Waals surface area contributed by atoms with Crippen LogP contribution in [0.3, 0.4) is 0 Å². The zero-order chi connectivity index (χ0) is 17.9. The van der Waals surface area contributed by atoms with E-state index in [0.717, 1.165) is 18.8 Å². The van der Waals surface area contributed by atoms with Crippen LogP contribution in [0.15, 0.2) is 54.6 Å². The first-order chi connectivity index (χ1) is 12.3. The minimum Gasteiger partial charge on any atom is -0.496 e. The average molecular weight is 372 g/mol. The molecule has 0 spiro atoms. The summed E-state index contributed by atoms with van der Waals surface area (Å²) in [5.41, 5.74) is 2.57. The SMILES string of the molecule is B.COc1ccccc1CN[C@H]1CCCN[C@H]1c1ccccc1.CSC. The molecule has 0 aromatic heterocycles. The lowest BCUT2D eigenvalue weighted by atomic mass is 9.92. The first-order valence-electron chi connectivity index (χ1n) is 8.84. The molecule has 1 aliphatic rings. The average Bonchev–Trinajstić information content (AvgIpc) is 2.68. The van der Waals surface area contributed by atoms with Gasteiger partial charge in [0.1, 0.15) is 5.75 Å². The van der Waals surface area contributed by atoms with Crippen LogP contribution in [0.1, 0.15) is 30.0 Å². The summed E-state index contributed by atoms with van der Waals surface area (Å²) in [4.78, 5) is 0. The van der Waals surface area contributed by atoms with Gasteiger partial charge >= 0.3 is 0 Å². The van der Waals surface area contributed by atoms with Crippen molar-refractivity contribution in [3.8, 4) is 5.75 Å². The monoisotopic (exact) mass is 372 g/mol. The Morgan fingerprint density at radius 3 is 2.42 bits per heavy atom. The molecule has 1 aliphatic heterocycles.